The Labute approximate surface area is 227 Å². The van der Waals surface area contributed by atoms with E-state index in [9.17, 15) is 9.67 Å². The molecule has 8 heteroatoms. The second-order valence-corrected chi connectivity index (χ2v) is 12.8. The van der Waals surface area contributed by atoms with Crippen molar-refractivity contribution in [3.8, 4) is 0 Å². The van der Waals surface area contributed by atoms with E-state index < -0.39 is 31.5 Å². The number of aliphatic hydroxyl groups excluding tert-OH is 1. The molecule has 6 nitrogen and oxygen atoms in total. The van der Waals surface area contributed by atoms with Gasteiger partial charge in [0.25, 0.3) is 7.37 Å². The molecule has 1 aromatic heterocycles. The number of ether oxygens (including phenoxy) is 3. The van der Waals surface area contributed by atoms with E-state index in [0.29, 0.717) is 11.2 Å². The van der Waals surface area contributed by atoms with Gasteiger partial charge in [0.05, 0.1) is 31.0 Å². The van der Waals surface area contributed by atoms with E-state index in [-0.39, 0.29) is 19.8 Å². The number of benzene rings is 3. The Morgan fingerprint density at radius 3 is 1.76 bits per heavy atom. The van der Waals surface area contributed by atoms with E-state index >= 15 is 0 Å². The van der Waals surface area contributed by atoms with Gasteiger partial charge in [-0.2, -0.15) is 0 Å². The van der Waals surface area contributed by atoms with E-state index in [2.05, 4.69) is 0 Å². The maximum atomic E-state index is 14.3. The summed E-state index contributed by atoms with van der Waals surface area (Å²) >= 11 is 1.30. The zero-order valence-electron chi connectivity index (χ0n) is 20.9. The van der Waals surface area contributed by atoms with Gasteiger partial charge in [0.15, 0.2) is 5.85 Å². The summed E-state index contributed by atoms with van der Waals surface area (Å²) in [7, 11) is -3.70. The van der Waals surface area contributed by atoms with Gasteiger partial charge in [0, 0.05) is 0 Å². The average Bonchev–Trinajstić information content (AvgIpc) is 3.51. The largest absolute Gasteiger partial charge is 0.380 e. The van der Waals surface area contributed by atoms with Crippen molar-refractivity contribution < 1.29 is 28.4 Å². The van der Waals surface area contributed by atoms with Crippen molar-refractivity contribution in [2.75, 3.05) is 6.61 Å². The minimum Gasteiger partial charge on any atom is -0.380 e. The molecule has 1 N–H and O–H groups in total. The molecule has 1 aliphatic heterocycles. The van der Waals surface area contributed by atoms with Crippen LogP contribution in [0.25, 0.3) is 0 Å². The molecule has 4 aromatic rings. The minimum atomic E-state index is -3.70. The van der Waals surface area contributed by atoms with Crippen molar-refractivity contribution >= 4 is 23.3 Å². The number of hydrogen-bond acceptors (Lipinski definition) is 7. The topological polar surface area (TPSA) is 74.2 Å². The van der Waals surface area contributed by atoms with E-state index in [1.165, 1.54) is 11.3 Å². The van der Waals surface area contributed by atoms with Crippen LogP contribution in [0.4, 0.5) is 0 Å². The maximum Gasteiger partial charge on any atom is 0.272 e. The van der Waals surface area contributed by atoms with Gasteiger partial charge in [-0.3, -0.25) is 4.57 Å². The van der Waals surface area contributed by atoms with Gasteiger partial charge >= 0.3 is 0 Å². The van der Waals surface area contributed by atoms with Crippen LogP contribution in [0.5, 0.6) is 0 Å². The van der Waals surface area contributed by atoms with Gasteiger partial charge in [-0.1, -0.05) is 97.1 Å². The Bertz CT molecular complexity index is 1290. The third-order valence-corrected chi connectivity index (χ3v) is 10.5. The minimum absolute atomic E-state index is 0.127. The van der Waals surface area contributed by atoms with Crippen LogP contribution in [0.2, 0.25) is 0 Å². The van der Waals surface area contributed by atoms with Crippen molar-refractivity contribution in [3.05, 3.63) is 125 Å². The van der Waals surface area contributed by atoms with Crippen LogP contribution in [-0.2, 0) is 43.1 Å². The van der Waals surface area contributed by atoms with Gasteiger partial charge < -0.3 is 23.8 Å². The summed E-state index contributed by atoms with van der Waals surface area (Å²) in [5.41, 5.74) is 2.93. The smallest absolute Gasteiger partial charge is 0.272 e. The van der Waals surface area contributed by atoms with Crippen molar-refractivity contribution in [2.24, 2.45) is 0 Å². The highest BCUT2D eigenvalue weighted by atomic mass is 32.1. The molecular formula is C30H31O6PS. The first-order chi connectivity index (χ1) is 18.6. The highest BCUT2D eigenvalue weighted by Gasteiger charge is 2.54. The molecule has 1 saturated heterocycles. The molecule has 1 aliphatic rings. The molecule has 5 atom stereocenters. The van der Waals surface area contributed by atoms with Crippen LogP contribution in [0.3, 0.4) is 0 Å². The lowest BCUT2D eigenvalue weighted by Crippen LogP contribution is -2.55. The summed E-state index contributed by atoms with van der Waals surface area (Å²) in [4.78, 5) is 0. The first-order valence-corrected chi connectivity index (χ1v) is 15.1. The molecular weight excluding hydrogens is 519 g/mol. The first-order valence-electron chi connectivity index (χ1n) is 12.6. The normalized spacial score (nSPS) is 25.3. The zero-order chi connectivity index (χ0) is 26.2. The SMILES string of the molecule is O=P1(c2cccs2)O[C@H](COCc2ccccc2)[C@@H](OCc2ccccc2)[C@H](OCc2ccccc2)C1O. The Balaban J connectivity index is 1.41. The van der Waals surface area contributed by atoms with Gasteiger partial charge in [-0.05, 0) is 28.1 Å². The second-order valence-electron chi connectivity index (χ2n) is 9.13. The third-order valence-electron chi connectivity index (χ3n) is 6.40. The van der Waals surface area contributed by atoms with Crippen molar-refractivity contribution in [2.45, 2.75) is 44.0 Å². The lowest BCUT2D eigenvalue weighted by atomic mass is 10.1. The van der Waals surface area contributed by atoms with Crippen LogP contribution in [0.1, 0.15) is 16.7 Å². The van der Waals surface area contributed by atoms with Crippen molar-refractivity contribution in [3.63, 3.8) is 0 Å². The van der Waals surface area contributed by atoms with E-state index in [1.807, 2.05) is 96.4 Å². The van der Waals surface area contributed by atoms with Gasteiger partial charge in [0.2, 0.25) is 0 Å². The number of thiophene rings is 1. The quantitative estimate of drug-likeness (QED) is 0.240. The molecule has 2 heterocycles. The van der Waals surface area contributed by atoms with E-state index in [4.69, 9.17) is 18.7 Å². The predicted molar refractivity (Wildman–Crippen MR) is 149 cm³/mol. The average molecular weight is 551 g/mol. The van der Waals surface area contributed by atoms with Gasteiger partial charge in [0.1, 0.15) is 18.3 Å². The van der Waals surface area contributed by atoms with Crippen LogP contribution < -0.4 is 4.62 Å². The molecule has 198 valence electrons. The van der Waals surface area contributed by atoms with Crippen molar-refractivity contribution in [1.29, 1.82) is 0 Å². The van der Waals surface area contributed by atoms with E-state index in [0.717, 1.165) is 16.7 Å². The fourth-order valence-corrected chi connectivity index (χ4v) is 8.12. The number of rotatable bonds is 11. The fourth-order valence-electron chi connectivity index (χ4n) is 4.44. The molecule has 5 rings (SSSR count). The summed E-state index contributed by atoms with van der Waals surface area (Å²) in [6.07, 6.45) is -2.34. The summed E-state index contributed by atoms with van der Waals surface area (Å²) in [6, 6.07) is 32.8. The highest BCUT2D eigenvalue weighted by Crippen LogP contribution is 2.58. The monoisotopic (exact) mass is 550 g/mol. The molecule has 38 heavy (non-hydrogen) atoms. The zero-order valence-corrected chi connectivity index (χ0v) is 22.6. The molecule has 0 aliphatic carbocycles. The lowest BCUT2D eigenvalue weighted by Gasteiger charge is -2.43. The Morgan fingerprint density at radius 2 is 1.24 bits per heavy atom. The summed E-state index contributed by atoms with van der Waals surface area (Å²) in [5.74, 6) is -1.39. The van der Waals surface area contributed by atoms with E-state index in [1.54, 1.807) is 12.1 Å². The van der Waals surface area contributed by atoms with Crippen LogP contribution in [-0.4, -0.2) is 35.9 Å². The van der Waals surface area contributed by atoms with Crippen LogP contribution >= 0.6 is 18.7 Å². The summed E-state index contributed by atoms with van der Waals surface area (Å²) in [6.45, 7) is 1.01. The molecule has 0 bridgehead atoms. The highest BCUT2D eigenvalue weighted by molar-refractivity contribution is 7.73. The maximum absolute atomic E-state index is 14.3. The van der Waals surface area contributed by atoms with Gasteiger partial charge in [-0.15, -0.1) is 11.3 Å². The third kappa shape index (κ3) is 6.50. The first kappa shape index (κ1) is 27.0. The molecule has 3 aromatic carbocycles. The Hall–Kier alpha value is -2.61. The van der Waals surface area contributed by atoms with Crippen LogP contribution in [0, 0.1) is 0 Å². The fraction of sp³-hybridized carbons (Fsp3) is 0.267. The number of aliphatic hydroxyl groups is 1. The standard InChI is InChI=1S/C30H31O6PS/c31-30-29(35-21-25-15-8-3-9-16-25)28(34-20-24-13-6-2-7-14-24)26(22-33-19-23-11-4-1-5-12-23)36-37(30,32)27-17-10-18-38-27/h1-18,26,28-31H,19-22H2/t26-,28-,29+,30?,37?/m1/s1. The second kappa shape index (κ2) is 13.0. The molecule has 0 spiro atoms. The van der Waals surface area contributed by atoms with Gasteiger partial charge in [-0.25, -0.2) is 0 Å². The van der Waals surface area contributed by atoms with Crippen molar-refractivity contribution in [1.82, 2.24) is 0 Å². The lowest BCUT2D eigenvalue weighted by molar-refractivity contribution is -0.174. The molecule has 0 amide bonds. The summed E-state index contributed by atoms with van der Waals surface area (Å²) < 4.78 is 39.7. The predicted octanol–water partition coefficient (Wildman–Crippen LogP) is 5.76. The number of hydrogen-bond donors (Lipinski definition) is 1. The Kier molecular flexibility index (Phi) is 9.20. The molecule has 0 saturated carbocycles. The Morgan fingerprint density at radius 1 is 0.711 bits per heavy atom. The molecule has 1 fully saturated rings. The molecule has 2 unspecified atom stereocenters. The summed E-state index contributed by atoms with van der Waals surface area (Å²) in [5, 5.41) is 13.3. The molecule has 0 radical (unpaired) electrons. The van der Waals surface area contributed by atoms with Crippen LogP contribution in [0.15, 0.2) is 109 Å².